The van der Waals surface area contributed by atoms with E-state index >= 15 is 0 Å². The van der Waals surface area contributed by atoms with Crippen molar-refractivity contribution in [3.05, 3.63) is 30.1 Å². The molecule has 0 aromatic carbocycles. The molecule has 84 valence electrons. The van der Waals surface area contributed by atoms with Crippen molar-refractivity contribution < 1.29 is 24.3 Å². The van der Waals surface area contributed by atoms with Crippen molar-refractivity contribution in [2.75, 3.05) is 0 Å². The van der Waals surface area contributed by atoms with Crippen LogP contribution in [-0.2, 0) is 4.57 Å². The number of pyridine rings is 1. The quantitative estimate of drug-likeness (QED) is 0.630. The highest BCUT2D eigenvalue weighted by Gasteiger charge is 2.25. The fraction of sp³-hybridized carbons (Fsp3) is 0. The number of nitrogens with zero attached hydrogens (tertiary/aromatic N) is 2. The molecule has 0 bridgehead atoms. The molecular weight excluding hydrogens is 235 g/mol. The molecule has 0 amide bonds. The Hall–Kier alpha value is -1.69. The van der Waals surface area contributed by atoms with Gasteiger partial charge in [0, 0.05) is 0 Å². The predicted molar refractivity (Wildman–Crippen MR) is 53.8 cm³/mol. The summed E-state index contributed by atoms with van der Waals surface area (Å²) >= 11 is 0. The summed E-state index contributed by atoms with van der Waals surface area (Å²) in [5.74, 6) is -1.28. The molecule has 0 radical (unpaired) electrons. The molecule has 2 rings (SSSR count). The van der Waals surface area contributed by atoms with Gasteiger partial charge in [0.1, 0.15) is 11.3 Å². The largest absolute Gasteiger partial charge is 0.477 e. The standard InChI is InChI=1S/C8H7N2O5P/c11-8(12)5-2-1-3-6-9-4-7(10(5)6)16(13,14)15/h1-4H,(H,11,12)(H2,13,14,15). The normalized spacial score (nSPS) is 11.9. The number of fused-ring (bicyclic) bond motifs is 1. The Kier molecular flexibility index (Phi) is 2.31. The second kappa shape index (κ2) is 3.41. The summed E-state index contributed by atoms with van der Waals surface area (Å²) in [6, 6.07) is 4.16. The van der Waals surface area contributed by atoms with Crippen molar-refractivity contribution >= 4 is 24.6 Å². The zero-order chi connectivity index (χ0) is 11.9. The molecule has 0 unspecified atom stereocenters. The van der Waals surface area contributed by atoms with Crippen LogP contribution in [0.3, 0.4) is 0 Å². The van der Waals surface area contributed by atoms with Gasteiger partial charge in [0.15, 0.2) is 5.44 Å². The molecule has 7 nitrogen and oxygen atoms in total. The van der Waals surface area contributed by atoms with Crippen LogP contribution in [0.4, 0.5) is 0 Å². The van der Waals surface area contributed by atoms with Crippen LogP contribution in [0.25, 0.3) is 5.65 Å². The highest BCUT2D eigenvalue weighted by molar-refractivity contribution is 7.60. The van der Waals surface area contributed by atoms with Crippen molar-refractivity contribution in [1.82, 2.24) is 9.38 Å². The Labute approximate surface area is 89.1 Å². The number of rotatable bonds is 2. The van der Waals surface area contributed by atoms with E-state index in [-0.39, 0.29) is 11.3 Å². The lowest BCUT2D eigenvalue weighted by Crippen LogP contribution is -2.16. The topological polar surface area (TPSA) is 112 Å². The first-order valence-corrected chi connectivity index (χ1v) is 5.78. The van der Waals surface area contributed by atoms with Gasteiger partial charge in [0.2, 0.25) is 0 Å². The molecule has 0 aliphatic heterocycles. The van der Waals surface area contributed by atoms with E-state index in [0.29, 0.717) is 0 Å². The Bertz CT molecular complexity index is 614. The first-order chi connectivity index (χ1) is 7.41. The van der Waals surface area contributed by atoms with Crippen molar-refractivity contribution in [2.24, 2.45) is 0 Å². The molecule has 3 N–H and O–H groups in total. The zero-order valence-corrected chi connectivity index (χ0v) is 8.70. The van der Waals surface area contributed by atoms with Gasteiger partial charge >= 0.3 is 13.6 Å². The maximum absolute atomic E-state index is 11.1. The summed E-state index contributed by atoms with van der Waals surface area (Å²) in [5, 5.41) is 8.89. The molecule has 2 aromatic rings. The Morgan fingerprint density at radius 1 is 1.38 bits per heavy atom. The maximum Gasteiger partial charge on any atom is 0.374 e. The second-order valence-corrected chi connectivity index (χ2v) is 4.62. The van der Waals surface area contributed by atoms with Crippen LogP contribution in [0.15, 0.2) is 24.4 Å². The van der Waals surface area contributed by atoms with Crippen molar-refractivity contribution in [3.8, 4) is 0 Å². The molecule has 0 aliphatic rings. The molecule has 16 heavy (non-hydrogen) atoms. The molecular formula is C8H7N2O5P. The lowest BCUT2D eigenvalue weighted by molar-refractivity contribution is 0.0689. The number of aromatic carboxylic acids is 1. The van der Waals surface area contributed by atoms with Crippen LogP contribution < -0.4 is 5.44 Å². The monoisotopic (exact) mass is 242 g/mol. The number of carboxylic acid groups (broad SMARTS) is 1. The Balaban J connectivity index is 2.89. The van der Waals surface area contributed by atoms with Gasteiger partial charge in [0.25, 0.3) is 0 Å². The minimum Gasteiger partial charge on any atom is -0.477 e. The lowest BCUT2D eigenvalue weighted by atomic mass is 10.3. The number of hydrogen-bond donors (Lipinski definition) is 3. The van der Waals surface area contributed by atoms with E-state index in [1.54, 1.807) is 0 Å². The van der Waals surface area contributed by atoms with Crippen LogP contribution in [0.2, 0.25) is 0 Å². The molecule has 0 spiro atoms. The van der Waals surface area contributed by atoms with Gasteiger partial charge in [-0.05, 0) is 12.1 Å². The van der Waals surface area contributed by atoms with Crippen LogP contribution in [0.5, 0.6) is 0 Å². The van der Waals surface area contributed by atoms with Crippen molar-refractivity contribution in [3.63, 3.8) is 0 Å². The maximum atomic E-state index is 11.1. The first-order valence-electron chi connectivity index (χ1n) is 4.17. The fourth-order valence-electron chi connectivity index (χ4n) is 1.39. The van der Waals surface area contributed by atoms with E-state index < -0.39 is 19.0 Å². The number of carboxylic acids is 1. The van der Waals surface area contributed by atoms with E-state index in [0.717, 1.165) is 10.6 Å². The molecule has 0 aliphatic carbocycles. The fourth-order valence-corrected chi connectivity index (χ4v) is 2.07. The summed E-state index contributed by atoms with van der Waals surface area (Å²) in [4.78, 5) is 32.7. The van der Waals surface area contributed by atoms with Gasteiger partial charge in [-0.15, -0.1) is 0 Å². The minimum absolute atomic E-state index is 0.179. The minimum atomic E-state index is -4.55. The second-order valence-electron chi connectivity index (χ2n) is 3.07. The van der Waals surface area contributed by atoms with E-state index in [9.17, 15) is 9.36 Å². The lowest BCUT2D eigenvalue weighted by Gasteiger charge is -2.06. The first kappa shape index (κ1) is 10.8. The van der Waals surface area contributed by atoms with Gasteiger partial charge in [0.05, 0.1) is 6.20 Å². The third-order valence-corrected chi connectivity index (χ3v) is 2.94. The zero-order valence-electron chi connectivity index (χ0n) is 7.81. The van der Waals surface area contributed by atoms with E-state index in [1.165, 1.54) is 18.2 Å². The third-order valence-electron chi connectivity index (χ3n) is 2.03. The molecule has 8 heteroatoms. The van der Waals surface area contributed by atoms with Crippen molar-refractivity contribution in [2.45, 2.75) is 0 Å². The summed E-state index contributed by atoms with van der Waals surface area (Å²) < 4.78 is 12.1. The summed E-state index contributed by atoms with van der Waals surface area (Å²) in [6.07, 6.45) is 0.975. The molecule has 2 heterocycles. The highest BCUT2D eigenvalue weighted by Crippen LogP contribution is 2.33. The van der Waals surface area contributed by atoms with Crippen LogP contribution in [0.1, 0.15) is 10.5 Å². The van der Waals surface area contributed by atoms with Gasteiger partial charge in [-0.2, -0.15) is 0 Å². The Morgan fingerprint density at radius 3 is 2.62 bits per heavy atom. The van der Waals surface area contributed by atoms with Gasteiger partial charge in [-0.1, -0.05) is 6.07 Å². The van der Waals surface area contributed by atoms with Crippen molar-refractivity contribution in [1.29, 1.82) is 0 Å². The molecule has 0 saturated carbocycles. The van der Waals surface area contributed by atoms with Gasteiger partial charge in [-0.3, -0.25) is 8.97 Å². The van der Waals surface area contributed by atoms with Gasteiger partial charge < -0.3 is 14.9 Å². The summed E-state index contributed by atoms with van der Waals surface area (Å²) in [5.41, 5.74) is -0.493. The van der Waals surface area contributed by atoms with E-state index in [4.69, 9.17) is 14.9 Å². The number of imidazole rings is 1. The van der Waals surface area contributed by atoms with E-state index in [1.807, 2.05) is 0 Å². The third kappa shape index (κ3) is 1.61. The average Bonchev–Trinajstić information content (AvgIpc) is 2.59. The highest BCUT2D eigenvalue weighted by atomic mass is 31.2. The molecule has 0 atom stereocenters. The predicted octanol–water partition coefficient (Wildman–Crippen LogP) is -0.165. The smallest absolute Gasteiger partial charge is 0.374 e. The molecule has 0 saturated heterocycles. The Morgan fingerprint density at radius 2 is 2.06 bits per heavy atom. The average molecular weight is 242 g/mol. The van der Waals surface area contributed by atoms with Crippen LogP contribution in [0, 0.1) is 0 Å². The van der Waals surface area contributed by atoms with Gasteiger partial charge in [-0.25, -0.2) is 9.78 Å². The SMILES string of the molecule is O=C(O)c1cccc2ncc(P(=O)(O)O)n12. The molecule has 2 aromatic heterocycles. The van der Waals surface area contributed by atoms with E-state index in [2.05, 4.69) is 4.98 Å². The number of hydrogen-bond acceptors (Lipinski definition) is 3. The number of carbonyl (C=O) groups is 1. The summed E-state index contributed by atoms with van der Waals surface area (Å²) in [6.45, 7) is 0. The summed E-state index contributed by atoms with van der Waals surface area (Å²) in [7, 11) is -4.55. The number of aromatic nitrogens is 2. The van der Waals surface area contributed by atoms with Crippen LogP contribution >= 0.6 is 7.60 Å². The van der Waals surface area contributed by atoms with Crippen LogP contribution in [-0.4, -0.2) is 30.2 Å². The molecule has 0 fully saturated rings.